The first kappa shape index (κ1) is 14.3. The van der Waals surface area contributed by atoms with Crippen LogP contribution in [-0.2, 0) is 6.42 Å². The molecule has 0 unspecified atom stereocenters. The summed E-state index contributed by atoms with van der Waals surface area (Å²) in [5, 5.41) is 10.5. The van der Waals surface area contributed by atoms with Crippen molar-refractivity contribution in [1.82, 2.24) is 9.97 Å². The summed E-state index contributed by atoms with van der Waals surface area (Å²) in [5.41, 5.74) is -0.340. The van der Waals surface area contributed by atoms with Crippen molar-refractivity contribution in [2.45, 2.75) is 13.3 Å². The van der Waals surface area contributed by atoms with Gasteiger partial charge in [-0.25, -0.2) is 9.37 Å². The Kier molecular flexibility index (Phi) is 4.23. The molecule has 0 aliphatic carbocycles. The van der Waals surface area contributed by atoms with Gasteiger partial charge in [0.15, 0.2) is 11.6 Å². The largest absolute Gasteiger partial charge is 0.436 e. The van der Waals surface area contributed by atoms with Gasteiger partial charge in [0.2, 0.25) is 5.88 Å². The molecule has 8 heteroatoms. The van der Waals surface area contributed by atoms with Crippen molar-refractivity contribution >= 4 is 21.6 Å². The van der Waals surface area contributed by atoms with E-state index in [-0.39, 0.29) is 17.3 Å². The van der Waals surface area contributed by atoms with E-state index in [2.05, 4.69) is 25.9 Å². The molecule has 0 aliphatic heterocycles. The fraction of sp³-hybridized carbons (Fsp3) is 0.167. The third-order valence-electron chi connectivity index (χ3n) is 2.37. The minimum Gasteiger partial charge on any atom is -0.436 e. The predicted molar refractivity (Wildman–Crippen MR) is 72.2 cm³/mol. The van der Waals surface area contributed by atoms with Gasteiger partial charge in [0.05, 0.1) is 11.0 Å². The quantitative estimate of drug-likeness (QED) is 0.482. The summed E-state index contributed by atoms with van der Waals surface area (Å²) in [6, 6.07) is 4.64. The lowest BCUT2D eigenvalue weighted by Gasteiger charge is -2.07. The molecule has 0 N–H and O–H groups in total. The predicted octanol–water partition coefficient (Wildman–Crippen LogP) is 3.64. The van der Waals surface area contributed by atoms with Crippen molar-refractivity contribution < 1.29 is 14.1 Å². The van der Waals surface area contributed by atoms with Gasteiger partial charge in [-0.15, -0.1) is 0 Å². The standard InChI is InChI=1S/C12H9BrFN3O3/c1-2-11-15-10(13)6-12(16-11)20-9-4-3-7(17(18)19)5-8(9)14/h3-6H,2H2,1H3. The van der Waals surface area contributed by atoms with Crippen LogP contribution in [0.15, 0.2) is 28.9 Å². The highest BCUT2D eigenvalue weighted by atomic mass is 79.9. The minimum atomic E-state index is -0.827. The van der Waals surface area contributed by atoms with E-state index in [1.54, 1.807) is 0 Å². The Morgan fingerprint density at radius 3 is 2.75 bits per heavy atom. The number of halogens is 2. The van der Waals surface area contributed by atoms with Gasteiger partial charge in [0.1, 0.15) is 10.4 Å². The number of rotatable bonds is 4. The van der Waals surface area contributed by atoms with Crippen molar-refractivity contribution in [2.75, 3.05) is 0 Å². The first-order valence-corrected chi connectivity index (χ1v) is 6.44. The first-order chi connectivity index (χ1) is 9.49. The van der Waals surface area contributed by atoms with Crippen LogP contribution in [-0.4, -0.2) is 14.9 Å². The molecule has 2 aromatic rings. The zero-order valence-corrected chi connectivity index (χ0v) is 11.9. The number of aryl methyl sites for hydroxylation is 1. The average Bonchev–Trinajstić information content (AvgIpc) is 2.40. The van der Waals surface area contributed by atoms with Crippen LogP contribution >= 0.6 is 15.9 Å². The molecule has 1 heterocycles. The Morgan fingerprint density at radius 2 is 2.15 bits per heavy atom. The molecule has 0 saturated heterocycles. The maximum Gasteiger partial charge on any atom is 0.272 e. The van der Waals surface area contributed by atoms with Crippen LogP contribution in [0.3, 0.4) is 0 Å². The number of benzene rings is 1. The molecule has 0 saturated carbocycles. The second-order valence-corrected chi connectivity index (χ2v) is 4.59. The lowest BCUT2D eigenvalue weighted by atomic mass is 10.3. The second kappa shape index (κ2) is 5.91. The van der Waals surface area contributed by atoms with Gasteiger partial charge in [-0.3, -0.25) is 10.1 Å². The number of nitro benzene ring substituents is 1. The van der Waals surface area contributed by atoms with Crippen molar-refractivity contribution in [2.24, 2.45) is 0 Å². The molecular formula is C12H9BrFN3O3. The third-order valence-corrected chi connectivity index (χ3v) is 2.78. The zero-order chi connectivity index (χ0) is 14.7. The molecule has 0 fully saturated rings. The van der Waals surface area contributed by atoms with Crippen LogP contribution in [0, 0.1) is 15.9 Å². The van der Waals surface area contributed by atoms with Crippen LogP contribution in [0.2, 0.25) is 0 Å². The number of aromatic nitrogens is 2. The van der Waals surface area contributed by atoms with E-state index in [9.17, 15) is 14.5 Å². The summed E-state index contributed by atoms with van der Waals surface area (Å²) in [4.78, 5) is 18.0. The lowest BCUT2D eigenvalue weighted by Crippen LogP contribution is -1.98. The summed E-state index contributed by atoms with van der Waals surface area (Å²) < 4.78 is 19.5. The van der Waals surface area contributed by atoms with Crippen LogP contribution in [0.4, 0.5) is 10.1 Å². The van der Waals surface area contributed by atoms with Crippen molar-refractivity contribution in [1.29, 1.82) is 0 Å². The first-order valence-electron chi connectivity index (χ1n) is 5.65. The van der Waals surface area contributed by atoms with E-state index in [1.165, 1.54) is 12.1 Å². The molecular weight excluding hydrogens is 333 g/mol. The Morgan fingerprint density at radius 1 is 1.40 bits per heavy atom. The number of hydrogen-bond donors (Lipinski definition) is 0. The zero-order valence-electron chi connectivity index (χ0n) is 10.3. The molecule has 0 amide bonds. The van der Waals surface area contributed by atoms with E-state index >= 15 is 0 Å². The van der Waals surface area contributed by atoms with Gasteiger partial charge >= 0.3 is 0 Å². The van der Waals surface area contributed by atoms with Crippen LogP contribution in [0.1, 0.15) is 12.7 Å². The normalized spacial score (nSPS) is 10.3. The number of nitrogens with zero attached hydrogens (tertiary/aromatic N) is 3. The van der Waals surface area contributed by atoms with E-state index in [1.807, 2.05) is 6.92 Å². The maximum absolute atomic E-state index is 13.7. The number of hydrogen-bond acceptors (Lipinski definition) is 5. The molecule has 0 spiro atoms. The van der Waals surface area contributed by atoms with E-state index in [0.29, 0.717) is 16.8 Å². The Balaban J connectivity index is 2.30. The topological polar surface area (TPSA) is 78.2 Å². The van der Waals surface area contributed by atoms with Crippen molar-refractivity contribution in [3.8, 4) is 11.6 Å². The van der Waals surface area contributed by atoms with Crippen LogP contribution in [0.5, 0.6) is 11.6 Å². The summed E-state index contributed by atoms with van der Waals surface area (Å²) in [7, 11) is 0. The average molecular weight is 342 g/mol. The SMILES string of the molecule is CCc1nc(Br)cc(Oc2ccc([N+](=O)[O-])cc2F)n1. The molecule has 6 nitrogen and oxygen atoms in total. The molecule has 0 atom stereocenters. The highest BCUT2D eigenvalue weighted by molar-refractivity contribution is 9.10. The van der Waals surface area contributed by atoms with Gasteiger partial charge in [0, 0.05) is 18.6 Å². The number of ether oxygens (including phenoxy) is 1. The van der Waals surface area contributed by atoms with E-state index < -0.39 is 10.7 Å². The molecule has 0 bridgehead atoms. The van der Waals surface area contributed by atoms with E-state index in [4.69, 9.17) is 4.74 Å². The fourth-order valence-corrected chi connectivity index (χ4v) is 1.85. The van der Waals surface area contributed by atoms with Crippen LogP contribution < -0.4 is 4.74 Å². The Bertz CT molecular complexity index is 666. The molecule has 104 valence electrons. The summed E-state index contributed by atoms with van der Waals surface area (Å²) >= 11 is 3.20. The summed E-state index contributed by atoms with van der Waals surface area (Å²) in [6.07, 6.45) is 0.596. The van der Waals surface area contributed by atoms with Gasteiger partial charge in [-0.05, 0) is 22.0 Å². The van der Waals surface area contributed by atoms with Gasteiger partial charge in [0.25, 0.3) is 5.69 Å². The molecule has 2 rings (SSSR count). The van der Waals surface area contributed by atoms with Gasteiger partial charge in [-0.2, -0.15) is 4.98 Å². The minimum absolute atomic E-state index is 0.136. The van der Waals surface area contributed by atoms with Gasteiger partial charge in [-0.1, -0.05) is 6.92 Å². The highest BCUT2D eigenvalue weighted by Crippen LogP contribution is 2.27. The molecule has 1 aromatic heterocycles. The molecule has 0 aliphatic rings. The fourth-order valence-electron chi connectivity index (χ4n) is 1.45. The van der Waals surface area contributed by atoms with Crippen molar-refractivity contribution in [3.63, 3.8) is 0 Å². The summed E-state index contributed by atoms with van der Waals surface area (Å²) in [6.45, 7) is 1.87. The Hall–Kier alpha value is -2.09. The number of non-ortho nitro benzene ring substituents is 1. The highest BCUT2D eigenvalue weighted by Gasteiger charge is 2.13. The molecule has 20 heavy (non-hydrogen) atoms. The number of nitro groups is 1. The van der Waals surface area contributed by atoms with E-state index in [0.717, 1.165) is 12.1 Å². The second-order valence-electron chi connectivity index (χ2n) is 3.77. The lowest BCUT2D eigenvalue weighted by molar-refractivity contribution is -0.385. The smallest absolute Gasteiger partial charge is 0.272 e. The molecule has 0 radical (unpaired) electrons. The van der Waals surface area contributed by atoms with Gasteiger partial charge < -0.3 is 4.74 Å². The molecule has 1 aromatic carbocycles. The summed E-state index contributed by atoms with van der Waals surface area (Å²) in [5.74, 6) is -0.261. The van der Waals surface area contributed by atoms with Crippen LogP contribution in [0.25, 0.3) is 0 Å². The maximum atomic E-state index is 13.7. The monoisotopic (exact) mass is 341 g/mol. The Labute approximate surface area is 121 Å². The van der Waals surface area contributed by atoms with Crippen molar-refractivity contribution in [3.05, 3.63) is 50.6 Å². The third kappa shape index (κ3) is 3.27.